The molecule has 0 radical (unpaired) electrons. The Morgan fingerprint density at radius 3 is 2.27 bits per heavy atom. The quantitative estimate of drug-likeness (QED) is 0.579. The second-order valence-electron chi connectivity index (χ2n) is 6.61. The summed E-state index contributed by atoms with van der Waals surface area (Å²) in [6.45, 7) is 0.166. The molecule has 0 aliphatic heterocycles. The third kappa shape index (κ3) is 5.31. The van der Waals surface area contributed by atoms with Gasteiger partial charge in [0.15, 0.2) is 0 Å². The number of halogens is 1. The first-order chi connectivity index (χ1) is 14.3. The van der Waals surface area contributed by atoms with Crippen molar-refractivity contribution >= 4 is 38.9 Å². The largest absolute Gasteiger partial charge is 0.495 e. The van der Waals surface area contributed by atoms with E-state index in [4.69, 9.17) is 16.3 Å². The van der Waals surface area contributed by atoms with Crippen LogP contribution in [0.5, 0.6) is 5.75 Å². The van der Waals surface area contributed by atoms with Gasteiger partial charge in [-0.25, -0.2) is 8.42 Å². The number of nitrogens with one attached hydrogen (secondary N) is 1. The van der Waals surface area contributed by atoms with E-state index in [0.29, 0.717) is 27.7 Å². The summed E-state index contributed by atoms with van der Waals surface area (Å²) >= 11 is 6.09. The van der Waals surface area contributed by atoms with Gasteiger partial charge in [0.05, 0.1) is 30.6 Å². The fourth-order valence-electron chi connectivity index (χ4n) is 2.87. The Balaban J connectivity index is 1.74. The minimum absolute atomic E-state index is 0.166. The number of nitrogens with zero attached hydrogens (tertiary/aromatic N) is 1. The first kappa shape index (κ1) is 21.7. The molecule has 0 spiro atoms. The van der Waals surface area contributed by atoms with Crippen LogP contribution in [0.15, 0.2) is 72.8 Å². The molecule has 0 aliphatic rings. The summed E-state index contributed by atoms with van der Waals surface area (Å²) in [7, 11) is -1.94. The van der Waals surface area contributed by atoms with E-state index in [1.165, 1.54) is 17.7 Å². The summed E-state index contributed by atoms with van der Waals surface area (Å²) in [5.41, 5.74) is 2.32. The molecule has 156 valence electrons. The first-order valence-corrected chi connectivity index (χ1v) is 11.3. The molecule has 3 aromatic rings. The molecule has 0 fully saturated rings. The predicted octanol–water partition coefficient (Wildman–Crippen LogP) is 4.57. The zero-order valence-corrected chi connectivity index (χ0v) is 18.1. The second kappa shape index (κ2) is 9.19. The van der Waals surface area contributed by atoms with Crippen LogP contribution >= 0.6 is 11.6 Å². The highest BCUT2D eigenvalue weighted by molar-refractivity contribution is 7.92. The average molecular weight is 445 g/mol. The smallest absolute Gasteiger partial charge is 0.255 e. The fraction of sp³-hybridized carbons (Fsp3) is 0.136. The molecule has 8 heteroatoms. The van der Waals surface area contributed by atoms with E-state index in [2.05, 4.69) is 5.32 Å². The lowest BCUT2D eigenvalue weighted by Crippen LogP contribution is -2.29. The lowest BCUT2D eigenvalue weighted by Gasteiger charge is -2.22. The maximum Gasteiger partial charge on any atom is 0.255 e. The van der Waals surface area contributed by atoms with Crippen LogP contribution < -0.4 is 14.4 Å². The number of methoxy groups -OCH3 is 1. The van der Waals surface area contributed by atoms with Crippen molar-refractivity contribution in [1.29, 1.82) is 0 Å². The summed E-state index contributed by atoms with van der Waals surface area (Å²) in [6, 6.07) is 20.6. The summed E-state index contributed by atoms with van der Waals surface area (Å²) in [4.78, 5) is 12.5. The number of benzene rings is 3. The molecule has 6 nitrogen and oxygen atoms in total. The monoisotopic (exact) mass is 444 g/mol. The van der Waals surface area contributed by atoms with Gasteiger partial charge >= 0.3 is 0 Å². The van der Waals surface area contributed by atoms with E-state index in [0.717, 1.165) is 5.56 Å². The molecule has 0 aromatic heterocycles. The number of ether oxygens (including phenoxy) is 1. The molecule has 0 aliphatic carbocycles. The number of sulfonamides is 1. The van der Waals surface area contributed by atoms with Crippen LogP contribution in [0.25, 0.3) is 0 Å². The van der Waals surface area contributed by atoms with Gasteiger partial charge in [-0.15, -0.1) is 0 Å². The Hall–Kier alpha value is -3.03. The maximum absolute atomic E-state index is 12.5. The topological polar surface area (TPSA) is 75.7 Å². The van der Waals surface area contributed by atoms with Crippen molar-refractivity contribution in [2.45, 2.75) is 6.54 Å². The molecule has 1 N–H and O–H groups in total. The second-order valence-corrected chi connectivity index (χ2v) is 8.92. The van der Waals surface area contributed by atoms with Gasteiger partial charge in [-0.2, -0.15) is 0 Å². The van der Waals surface area contributed by atoms with Gasteiger partial charge in [-0.05, 0) is 48.0 Å². The number of anilines is 2. The van der Waals surface area contributed by atoms with Crippen molar-refractivity contribution in [1.82, 2.24) is 0 Å². The van der Waals surface area contributed by atoms with Crippen molar-refractivity contribution in [3.05, 3.63) is 88.9 Å². The maximum atomic E-state index is 12.5. The van der Waals surface area contributed by atoms with Crippen molar-refractivity contribution in [3.8, 4) is 5.75 Å². The highest BCUT2D eigenvalue weighted by atomic mass is 35.5. The Morgan fingerprint density at radius 1 is 1.03 bits per heavy atom. The lowest BCUT2D eigenvalue weighted by molar-refractivity contribution is 0.102. The molecule has 0 unspecified atom stereocenters. The summed E-state index contributed by atoms with van der Waals surface area (Å²) in [5.74, 6) is 0.221. The van der Waals surface area contributed by atoms with E-state index in [1.807, 2.05) is 6.07 Å². The molecule has 0 atom stereocenters. The SMILES string of the molecule is COc1ccc(NC(=O)c2ccc(CN(c3ccccc3)S(C)(=O)=O)cc2)cc1Cl. The van der Waals surface area contributed by atoms with E-state index < -0.39 is 10.0 Å². The minimum atomic E-state index is -3.46. The third-order valence-electron chi connectivity index (χ3n) is 4.40. The number of hydrogen-bond acceptors (Lipinski definition) is 4. The third-order valence-corrected chi connectivity index (χ3v) is 5.83. The fourth-order valence-corrected chi connectivity index (χ4v) is 4.01. The summed E-state index contributed by atoms with van der Waals surface area (Å²) < 4.78 is 30.9. The molecular weight excluding hydrogens is 424 g/mol. The Morgan fingerprint density at radius 2 is 1.70 bits per heavy atom. The van der Waals surface area contributed by atoms with Crippen molar-refractivity contribution < 1.29 is 17.9 Å². The normalized spacial score (nSPS) is 11.0. The number of amides is 1. The van der Waals surface area contributed by atoms with Gasteiger partial charge < -0.3 is 10.1 Å². The molecule has 0 saturated carbocycles. The van der Waals surface area contributed by atoms with Crippen LogP contribution in [-0.4, -0.2) is 27.7 Å². The highest BCUT2D eigenvalue weighted by Gasteiger charge is 2.18. The predicted molar refractivity (Wildman–Crippen MR) is 120 cm³/mol. The number of hydrogen-bond donors (Lipinski definition) is 1. The van der Waals surface area contributed by atoms with Gasteiger partial charge in [-0.1, -0.05) is 41.9 Å². The minimum Gasteiger partial charge on any atom is -0.495 e. The molecule has 3 aromatic carbocycles. The summed E-state index contributed by atoms with van der Waals surface area (Å²) in [5, 5.41) is 3.17. The highest BCUT2D eigenvalue weighted by Crippen LogP contribution is 2.27. The van der Waals surface area contributed by atoms with Crippen LogP contribution in [0.2, 0.25) is 5.02 Å². The molecule has 0 saturated heterocycles. The molecule has 0 bridgehead atoms. The number of para-hydroxylation sites is 1. The Kier molecular flexibility index (Phi) is 6.64. The van der Waals surface area contributed by atoms with Crippen molar-refractivity contribution in [2.75, 3.05) is 23.0 Å². The Labute approximate surface area is 181 Å². The number of carbonyl (C=O) groups excluding carboxylic acids is 1. The number of rotatable bonds is 7. The van der Waals surface area contributed by atoms with Crippen LogP contribution in [0.1, 0.15) is 15.9 Å². The zero-order valence-electron chi connectivity index (χ0n) is 16.5. The molecule has 1 amide bonds. The van der Waals surface area contributed by atoms with Crippen LogP contribution in [0.4, 0.5) is 11.4 Å². The van der Waals surface area contributed by atoms with Crippen LogP contribution in [0.3, 0.4) is 0 Å². The van der Waals surface area contributed by atoms with Gasteiger partial charge in [-0.3, -0.25) is 9.10 Å². The standard InChI is InChI=1S/C22H21ClN2O4S/c1-29-21-13-12-18(14-20(21)23)24-22(26)17-10-8-16(9-11-17)15-25(30(2,27)28)19-6-4-3-5-7-19/h3-14H,15H2,1-2H3,(H,24,26). The van der Waals surface area contributed by atoms with Crippen molar-refractivity contribution in [3.63, 3.8) is 0 Å². The first-order valence-electron chi connectivity index (χ1n) is 9.04. The molecule has 0 heterocycles. The van der Waals surface area contributed by atoms with Gasteiger partial charge in [0.1, 0.15) is 5.75 Å². The lowest BCUT2D eigenvalue weighted by atomic mass is 10.1. The van der Waals surface area contributed by atoms with Crippen LogP contribution in [-0.2, 0) is 16.6 Å². The van der Waals surface area contributed by atoms with Crippen LogP contribution in [0, 0.1) is 0 Å². The Bertz CT molecular complexity index is 1130. The molecule has 30 heavy (non-hydrogen) atoms. The zero-order chi connectivity index (χ0) is 21.7. The molecule has 3 rings (SSSR count). The molecular formula is C22H21ClN2O4S. The van der Waals surface area contributed by atoms with Gasteiger partial charge in [0.25, 0.3) is 5.91 Å². The van der Waals surface area contributed by atoms with Gasteiger partial charge in [0, 0.05) is 11.3 Å². The van der Waals surface area contributed by atoms with E-state index in [9.17, 15) is 13.2 Å². The van der Waals surface area contributed by atoms with E-state index >= 15 is 0 Å². The number of carbonyl (C=O) groups is 1. The van der Waals surface area contributed by atoms with Crippen molar-refractivity contribution in [2.24, 2.45) is 0 Å². The van der Waals surface area contributed by atoms with E-state index in [1.54, 1.807) is 66.7 Å². The average Bonchev–Trinajstić information content (AvgIpc) is 2.72. The summed E-state index contributed by atoms with van der Waals surface area (Å²) in [6.07, 6.45) is 1.17. The van der Waals surface area contributed by atoms with E-state index in [-0.39, 0.29) is 12.5 Å². The van der Waals surface area contributed by atoms with Gasteiger partial charge in [0.2, 0.25) is 10.0 Å².